The SMILES string of the molecule is COC(=O)CCN(CC(C)O)C(=O)/C=C/c1cccc(OC)c1. The van der Waals surface area contributed by atoms with E-state index >= 15 is 0 Å². The first-order valence-electron chi connectivity index (χ1n) is 7.32. The lowest BCUT2D eigenvalue weighted by molar-refractivity contribution is -0.141. The van der Waals surface area contributed by atoms with Gasteiger partial charge in [0, 0.05) is 19.2 Å². The van der Waals surface area contributed by atoms with Gasteiger partial charge in [0.15, 0.2) is 0 Å². The van der Waals surface area contributed by atoms with Crippen LogP contribution in [0.1, 0.15) is 18.9 Å². The summed E-state index contributed by atoms with van der Waals surface area (Å²) in [5.74, 6) is 0.0221. The maximum atomic E-state index is 12.3. The maximum Gasteiger partial charge on any atom is 0.307 e. The van der Waals surface area contributed by atoms with E-state index in [-0.39, 0.29) is 25.4 Å². The van der Waals surface area contributed by atoms with Crippen molar-refractivity contribution in [3.63, 3.8) is 0 Å². The molecule has 23 heavy (non-hydrogen) atoms. The number of nitrogens with zero attached hydrogens (tertiary/aromatic N) is 1. The Morgan fingerprint density at radius 3 is 2.70 bits per heavy atom. The van der Waals surface area contributed by atoms with Crippen molar-refractivity contribution >= 4 is 18.0 Å². The summed E-state index contributed by atoms with van der Waals surface area (Å²) in [5.41, 5.74) is 0.822. The Hall–Kier alpha value is -2.34. The van der Waals surface area contributed by atoms with E-state index in [2.05, 4.69) is 4.74 Å². The van der Waals surface area contributed by atoms with Crippen LogP contribution in [0, 0.1) is 0 Å². The first-order chi connectivity index (χ1) is 11.0. The van der Waals surface area contributed by atoms with Crippen LogP contribution in [-0.4, -0.2) is 55.3 Å². The zero-order valence-electron chi connectivity index (χ0n) is 13.7. The lowest BCUT2D eigenvalue weighted by Gasteiger charge is -2.22. The van der Waals surface area contributed by atoms with Gasteiger partial charge in [-0.2, -0.15) is 0 Å². The molecule has 126 valence electrons. The minimum atomic E-state index is -0.679. The highest BCUT2D eigenvalue weighted by atomic mass is 16.5. The Kier molecular flexibility index (Phi) is 7.83. The summed E-state index contributed by atoms with van der Waals surface area (Å²) in [6, 6.07) is 7.29. The molecule has 0 bridgehead atoms. The monoisotopic (exact) mass is 321 g/mol. The van der Waals surface area contributed by atoms with Crippen molar-refractivity contribution in [3.8, 4) is 5.75 Å². The van der Waals surface area contributed by atoms with Gasteiger partial charge in [-0.15, -0.1) is 0 Å². The summed E-state index contributed by atoms with van der Waals surface area (Å²) in [6.07, 6.45) is 2.48. The zero-order valence-corrected chi connectivity index (χ0v) is 13.7. The minimum absolute atomic E-state index is 0.0853. The van der Waals surface area contributed by atoms with E-state index in [4.69, 9.17) is 4.74 Å². The second-order valence-electron chi connectivity index (χ2n) is 5.07. The van der Waals surface area contributed by atoms with Gasteiger partial charge in [0.2, 0.25) is 5.91 Å². The van der Waals surface area contributed by atoms with Gasteiger partial charge in [-0.05, 0) is 30.7 Å². The smallest absolute Gasteiger partial charge is 0.307 e. The molecule has 0 fully saturated rings. The van der Waals surface area contributed by atoms with Crippen molar-refractivity contribution in [2.75, 3.05) is 27.3 Å². The molecule has 0 spiro atoms. The van der Waals surface area contributed by atoms with Crippen LogP contribution in [0.2, 0.25) is 0 Å². The van der Waals surface area contributed by atoms with Gasteiger partial charge in [0.05, 0.1) is 26.7 Å². The molecule has 1 atom stereocenters. The first-order valence-corrected chi connectivity index (χ1v) is 7.32. The summed E-state index contributed by atoms with van der Waals surface area (Å²) in [5, 5.41) is 9.50. The quantitative estimate of drug-likeness (QED) is 0.580. The van der Waals surface area contributed by atoms with Gasteiger partial charge in [-0.25, -0.2) is 0 Å². The van der Waals surface area contributed by atoms with Crippen molar-refractivity contribution < 1.29 is 24.2 Å². The van der Waals surface area contributed by atoms with Crippen molar-refractivity contribution in [2.45, 2.75) is 19.4 Å². The summed E-state index contributed by atoms with van der Waals surface area (Å²) < 4.78 is 9.69. The molecule has 0 radical (unpaired) electrons. The van der Waals surface area contributed by atoms with Gasteiger partial charge in [-0.1, -0.05) is 12.1 Å². The lowest BCUT2D eigenvalue weighted by atomic mass is 10.2. The molecule has 1 amide bonds. The summed E-state index contributed by atoms with van der Waals surface area (Å²) in [6.45, 7) is 1.93. The predicted octanol–water partition coefficient (Wildman–Crippen LogP) is 1.48. The number of esters is 1. The van der Waals surface area contributed by atoms with Gasteiger partial charge < -0.3 is 19.5 Å². The second-order valence-corrected chi connectivity index (χ2v) is 5.07. The molecule has 0 aliphatic carbocycles. The third-order valence-electron chi connectivity index (χ3n) is 3.12. The Morgan fingerprint density at radius 1 is 1.35 bits per heavy atom. The highest BCUT2D eigenvalue weighted by Crippen LogP contribution is 2.13. The van der Waals surface area contributed by atoms with Gasteiger partial charge >= 0.3 is 5.97 Å². The van der Waals surface area contributed by atoms with Crippen molar-refractivity contribution in [1.29, 1.82) is 0 Å². The maximum absolute atomic E-state index is 12.3. The van der Waals surface area contributed by atoms with Crippen LogP contribution in [0.25, 0.3) is 6.08 Å². The van der Waals surface area contributed by atoms with Crippen molar-refractivity contribution in [2.24, 2.45) is 0 Å². The number of amides is 1. The molecule has 0 heterocycles. The first kappa shape index (κ1) is 18.7. The van der Waals surface area contributed by atoms with Gasteiger partial charge in [-0.3, -0.25) is 9.59 Å². The predicted molar refractivity (Wildman–Crippen MR) is 86.9 cm³/mol. The molecular weight excluding hydrogens is 298 g/mol. The zero-order chi connectivity index (χ0) is 17.2. The molecule has 1 rings (SSSR count). The Morgan fingerprint density at radius 2 is 2.09 bits per heavy atom. The molecule has 0 saturated heterocycles. The van der Waals surface area contributed by atoms with E-state index in [0.717, 1.165) is 5.56 Å². The third kappa shape index (κ3) is 6.97. The van der Waals surface area contributed by atoms with E-state index in [9.17, 15) is 14.7 Å². The molecule has 6 nitrogen and oxygen atoms in total. The van der Waals surface area contributed by atoms with Crippen LogP contribution < -0.4 is 4.74 Å². The fraction of sp³-hybridized carbons (Fsp3) is 0.412. The Balaban J connectivity index is 2.74. The summed E-state index contributed by atoms with van der Waals surface area (Å²) >= 11 is 0. The van der Waals surface area contributed by atoms with E-state index in [1.165, 1.54) is 18.1 Å². The molecule has 1 N–H and O–H groups in total. The van der Waals surface area contributed by atoms with Crippen molar-refractivity contribution in [1.82, 2.24) is 4.90 Å². The topological polar surface area (TPSA) is 76.1 Å². The van der Waals surface area contributed by atoms with Crippen LogP contribution in [0.3, 0.4) is 0 Å². The highest BCUT2D eigenvalue weighted by Gasteiger charge is 2.15. The molecular formula is C17H23NO5. The average molecular weight is 321 g/mol. The molecule has 6 heteroatoms. The van der Waals surface area contributed by atoms with Crippen LogP contribution in [0.15, 0.2) is 30.3 Å². The number of hydrogen-bond donors (Lipinski definition) is 1. The van der Waals surface area contributed by atoms with E-state index in [0.29, 0.717) is 5.75 Å². The van der Waals surface area contributed by atoms with E-state index < -0.39 is 12.1 Å². The number of benzene rings is 1. The molecule has 1 aromatic carbocycles. The number of rotatable bonds is 8. The second kappa shape index (κ2) is 9.63. The number of aliphatic hydroxyl groups is 1. The average Bonchev–Trinajstić information content (AvgIpc) is 2.55. The molecule has 0 aliphatic heterocycles. The Bertz CT molecular complexity index is 554. The summed E-state index contributed by atoms with van der Waals surface area (Å²) in [4.78, 5) is 24.9. The molecule has 0 aromatic heterocycles. The largest absolute Gasteiger partial charge is 0.497 e. The van der Waals surface area contributed by atoms with E-state index in [1.54, 1.807) is 26.2 Å². The lowest BCUT2D eigenvalue weighted by Crippen LogP contribution is -2.37. The molecule has 1 aromatic rings. The van der Waals surface area contributed by atoms with Gasteiger partial charge in [0.25, 0.3) is 0 Å². The van der Waals surface area contributed by atoms with Gasteiger partial charge in [0.1, 0.15) is 5.75 Å². The van der Waals surface area contributed by atoms with E-state index in [1.807, 2.05) is 18.2 Å². The van der Waals surface area contributed by atoms with Crippen LogP contribution in [-0.2, 0) is 14.3 Å². The summed E-state index contributed by atoms with van der Waals surface area (Å²) in [7, 11) is 2.87. The number of carbonyl (C=O) groups is 2. The van der Waals surface area contributed by atoms with Crippen LogP contribution in [0.4, 0.5) is 0 Å². The highest BCUT2D eigenvalue weighted by molar-refractivity contribution is 5.92. The molecule has 0 aliphatic rings. The van der Waals surface area contributed by atoms with Crippen LogP contribution >= 0.6 is 0 Å². The number of aliphatic hydroxyl groups excluding tert-OH is 1. The normalized spacial score (nSPS) is 12.0. The fourth-order valence-electron chi connectivity index (χ4n) is 1.96. The van der Waals surface area contributed by atoms with Crippen molar-refractivity contribution in [3.05, 3.63) is 35.9 Å². The standard InChI is InChI=1S/C17H23NO5/c1-13(19)12-18(10-9-17(21)23-3)16(20)8-7-14-5-4-6-15(11-14)22-2/h4-8,11,13,19H,9-10,12H2,1-3H3/b8-7+. The number of carbonyl (C=O) groups excluding carboxylic acids is 2. The molecule has 0 saturated carbocycles. The van der Waals surface area contributed by atoms with Crippen LogP contribution in [0.5, 0.6) is 5.75 Å². The minimum Gasteiger partial charge on any atom is -0.497 e. The number of methoxy groups -OCH3 is 2. The Labute approximate surface area is 136 Å². The molecule has 1 unspecified atom stereocenters. The number of ether oxygens (including phenoxy) is 2. The fourth-order valence-corrected chi connectivity index (χ4v) is 1.96. The third-order valence-corrected chi connectivity index (χ3v) is 3.12. The number of hydrogen-bond acceptors (Lipinski definition) is 5.